The first-order valence-corrected chi connectivity index (χ1v) is 7.97. The Morgan fingerprint density at radius 2 is 1.73 bits per heavy atom. The molecule has 0 saturated carbocycles. The molecule has 116 valence electrons. The van der Waals surface area contributed by atoms with Crippen molar-refractivity contribution in [2.75, 3.05) is 0 Å². The van der Waals surface area contributed by atoms with Crippen LogP contribution >= 0.6 is 11.8 Å². The molecule has 0 aliphatic carbocycles. The number of nitrogens with zero attached hydrogens (tertiary/aromatic N) is 2. The second kappa shape index (κ2) is 6.48. The Kier molecular flexibility index (Phi) is 4.86. The largest absolute Gasteiger partial charge is 0.347 e. The minimum absolute atomic E-state index is 0.0729. The lowest BCUT2D eigenvalue weighted by atomic mass is 10.1. The molecule has 0 spiro atoms. The first-order valence-electron chi connectivity index (χ1n) is 7.16. The highest BCUT2D eigenvalue weighted by atomic mass is 32.2. The van der Waals surface area contributed by atoms with Gasteiger partial charge in [0.15, 0.2) is 5.16 Å². The zero-order valence-corrected chi connectivity index (χ0v) is 14.4. The SMILES string of the molecule is Cc1cc(C)nc(Sc2cccc(C(=O)NC(C)(C)C)c2)n1. The van der Waals surface area contributed by atoms with Gasteiger partial charge in [-0.25, -0.2) is 9.97 Å². The molecule has 0 unspecified atom stereocenters. The van der Waals surface area contributed by atoms with Crippen molar-refractivity contribution in [2.24, 2.45) is 0 Å². The fourth-order valence-corrected chi connectivity index (χ4v) is 2.88. The van der Waals surface area contributed by atoms with Crippen molar-refractivity contribution in [3.05, 3.63) is 47.3 Å². The van der Waals surface area contributed by atoms with Gasteiger partial charge in [0, 0.05) is 27.4 Å². The summed E-state index contributed by atoms with van der Waals surface area (Å²) in [7, 11) is 0. The molecule has 0 atom stereocenters. The van der Waals surface area contributed by atoms with Crippen LogP contribution in [-0.2, 0) is 0 Å². The quantitative estimate of drug-likeness (QED) is 0.876. The Morgan fingerprint density at radius 3 is 2.32 bits per heavy atom. The van der Waals surface area contributed by atoms with Crippen LogP contribution in [-0.4, -0.2) is 21.4 Å². The van der Waals surface area contributed by atoms with Crippen LogP contribution in [0.2, 0.25) is 0 Å². The van der Waals surface area contributed by atoms with Crippen molar-refractivity contribution in [3.8, 4) is 0 Å². The minimum atomic E-state index is -0.253. The third-order valence-electron chi connectivity index (χ3n) is 2.76. The fraction of sp³-hybridized carbons (Fsp3) is 0.353. The van der Waals surface area contributed by atoms with E-state index in [0.29, 0.717) is 10.7 Å². The molecule has 1 aromatic heterocycles. The summed E-state index contributed by atoms with van der Waals surface area (Å²) >= 11 is 1.46. The number of hydrogen-bond acceptors (Lipinski definition) is 4. The van der Waals surface area contributed by atoms with Gasteiger partial charge in [0.25, 0.3) is 5.91 Å². The fourth-order valence-electron chi connectivity index (χ4n) is 1.96. The minimum Gasteiger partial charge on any atom is -0.347 e. The van der Waals surface area contributed by atoms with E-state index in [1.165, 1.54) is 11.8 Å². The van der Waals surface area contributed by atoms with Crippen LogP contribution in [0.15, 0.2) is 40.4 Å². The van der Waals surface area contributed by atoms with E-state index in [4.69, 9.17) is 0 Å². The van der Waals surface area contributed by atoms with Crippen molar-refractivity contribution in [2.45, 2.75) is 50.2 Å². The lowest BCUT2D eigenvalue weighted by Gasteiger charge is -2.20. The third kappa shape index (κ3) is 4.84. The molecular formula is C17H21N3OS. The molecule has 5 heteroatoms. The molecule has 1 amide bonds. The Balaban J connectivity index is 2.19. The maximum Gasteiger partial charge on any atom is 0.251 e. The summed E-state index contributed by atoms with van der Waals surface area (Å²) in [6, 6.07) is 9.46. The van der Waals surface area contributed by atoms with E-state index in [1.54, 1.807) is 0 Å². The zero-order chi connectivity index (χ0) is 16.3. The highest BCUT2D eigenvalue weighted by molar-refractivity contribution is 7.99. The van der Waals surface area contributed by atoms with E-state index in [2.05, 4.69) is 15.3 Å². The molecule has 1 aromatic carbocycles. The number of benzene rings is 1. The number of nitrogens with one attached hydrogen (secondary N) is 1. The van der Waals surface area contributed by atoms with Gasteiger partial charge in [0.05, 0.1) is 0 Å². The summed E-state index contributed by atoms with van der Waals surface area (Å²) < 4.78 is 0. The molecule has 1 heterocycles. The maximum atomic E-state index is 12.2. The van der Waals surface area contributed by atoms with E-state index in [9.17, 15) is 4.79 Å². The molecule has 2 rings (SSSR count). The van der Waals surface area contributed by atoms with Crippen molar-refractivity contribution in [1.82, 2.24) is 15.3 Å². The summed E-state index contributed by atoms with van der Waals surface area (Å²) in [5, 5.41) is 3.67. The van der Waals surface area contributed by atoms with Gasteiger partial charge in [0.2, 0.25) is 0 Å². The van der Waals surface area contributed by atoms with E-state index in [0.717, 1.165) is 16.3 Å². The van der Waals surface area contributed by atoms with Gasteiger partial charge in [-0.05, 0) is 70.6 Å². The van der Waals surface area contributed by atoms with E-state index in [1.807, 2.05) is 65.0 Å². The van der Waals surface area contributed by atoms with Crippen molar-refractivity contribution in [3.63, 3.8) is 0 Å². The Morgan fingerprint density at radius 1 is 1.09 bits per heavy atom. The van der Waals surface area contributed by atoms with E-state index >= 15 is 0 Å². The number of rotatable bonds is 3. The number of carbonyl (C=O) groups excluding carboxylic acids is 1. The van der Waals surface area contributed by atoms with Gasteiger partial charge in [-0.2, -0.15) is 0 Å². The molecule has 0 aliphatic heterocycles. The average Bonchev–Trinajstić information content (AvgIpc) is 2.35. The van der Waals surface area contributed by atoms with Crippen LogP contribution in [0.3, 0.4) is 0 Å². The Labute approximate surface area is 135 Å². The molecule has 0 bridgehead atoms. The summed E-state index contributed by atoms with van der Waals surface area (Å²) in [6.07, 6.45) is 0. The van der Waals surface area contributed by atoms with E-state index < -0.39 is 0 Å². The molecule has 0 aliphatic rings. The average molecular weight is 315 g/mol. The number of hydrogen-bond donors (Lipinski definition) is 1. The summed E-state index contributed by atoms with van der Waals surface area (Å²) in [6.45, 7) is 9.80. The molecule has 1 N–H and O–H groups in total. The van der Waals surface area contributed by atoms with Gasteiger partial charge < -0.3 is 5.32 Å². The Bertz CT molecular complexity index is 672. The smallest absolute Gasteiger partial charge is 0.251 e. The van der Waals surface area contributed by atoms with Crippen molar-refractivity contribution >= 4 is 17.7 Å². The van der Waals surface area contributed by atoms with Crippen LogP contribution in [0.1, 0.15) is 42.5 Å². The zero-order valence-electron chi connectivity index (χ0n) is 13.6. The normalized spacial score (nSPS) is 11.3. The maximum absolute atomic E-state index is 12.2. The first kappa shape index (κ1) is 16.5. The number of aryl methyl sites for hydroxylation is 2. The third-order valence-corrected chi connectivity index (χ3v) is 3.61. The molecule has 0 saturated heterocycles. The molecular weight excluding hydrogens is 294 g/mol. The summed E-state index contributed by atoms with van der Waals surface area (Å²) in [5.74, 6) is -0.0729. The summed E-state index contributed by atoms with van der Waals surface area (Å²) in [5.41, 5.74) is 2.27. The lowest BCUT2D eigenvalue weighted by molar-refractivity contribution is 0.0919. The number of carbonyl (C=O) groups is 1. The van der Waals surface area contributed by atoms with Gasteiger partial charge in [-0.3, -0.25) is 4.79 Å². The molecule has 0 radical (unpaired) electrons. The number of amides is 1. The summed E-state index contributed by atoms with van der Waals surface area (Å²) in [4.78, 5) is 22.0. The topological polar surface area (TPSA) is 54.9 Å². The molecule has 0 fully saturated rings. The van der Waals surface area contributed by atoms with Gasteiger partial charge in [0.1, 0.15) is 0 Å². The van der Waals surface area contributed by atoms with Crippen molar-refractivity contribution in [1.29, 1.82) is 0 Å². The molecule has 22 heavy (non-hydrogen) atoms. The van der Waals surface area contributed by atoms with Gasteiger partial charge in [-0.15, -0.1) is 0 Å². The van der Waals surface area contributed by atoms with Crippen molar-refractivity contribution < 1.29 is 4.79 Å². The van der Waals surface area contributed by atoms with Crippen LogP contribution in [0.4, 0.5) is 0 Å². The predicted octanol–water partition coefficient (Wildman–Crippen LogP) is 3.77. The lowest BCUT2D eigenvalue weighted by Crippen LogP contribution is -2.40. The van der Waals surface area contributed by atoms with Crippen LogP contribution in [0, 0.1) is 13.8 Å². The van der Waals surface area contributed by atoms with Gasteiger partial charge in [-0.1, -0.05) is 6.07 Å². The Hall–Kier alpha value is -1.88. The standard InChI is InChI=1S/C17H21N3OS/c1-11-9-12(2)19-16(18-11)22-14-8-6-7-13(10-14)15(21)20-17(3,4)5/h6-10H,1-5H3,(H,20,21). The predicted molar refractivity (Wildman–Crippen MR) is 89.3 cm³/mol. The second-order valence-electron chi connectivity index (χ2n) is 6.27. The van der Waals surface area contributed by atoms with E-state index in [-0.39, 0.29) is 11.4 Å². The second-order valence-corrected chi connectivity index (χ2v) is 7.31. The number of aromatic nitrogens is 2. The molecule has 4 nitrogen and oxygen atoms in total. The highest BCUT2D eigenvalue weighted by Crippen LogP contribution is 2.25. The van der Waals surface area contributed by atoms with Crippen LogP contribution < -0.4 is 5.32 Å². The van der Waals surface area contributed by atoms with Crippen LogP contribution in [0.5, 0.6) is 0 Å². The highest BCUT2D eigenvalue weighted by Gasteiger charge is 2.15. The van der Waals surface area contributed by atoms with Gasteiger partial charge >= 0.3 is 0 Å². The monoisotopic (exact) mass is 315 g/mol. The molecule has 2 aromatic rings. The van der Waals surface area contributed by atoms with Crippen LogP contribution in [0.25, 0.3) is 0 Å². The first-order chi connectivity index (χ1) is 10.2.